The number of amides is 2. The van der Waals surface area contributed by atoms with E-state index in [1.54, 1.807) is 13.8 Å². The predicted molar refractivity (Wildman–Crippen MR) is 76.4 cm³/mol. The fourth-order valence-electron chi connectivity index (χ4n) is 1.58. The van der Waals surface area contributed by atoms with Gasteiger partial charge < -0.3 is 16.4 Å². The average molecular weight is 284 g/mol. The Hall–Kier alpha value is -1.59. The molecule has 0 aromatic heterocycles. The number of halogens is 1. The highest BCUT2D eigenvalue weighted by atomic mass is 35.5. The number of carbonyl (C=O) groups excluding carboxylic acids is 2. The molecule has 0 heterocycles. The molecule has 0 spiro atoms. The quantitative estimate of drug-likeness (QED) is 0.770. The molecule has 104 valence electrons. The fourth-order valence-corrected chi connectivity index (χ4v) is 1.74. The van der Waals surface area contributed by atoms with Crippen LogP contribution >= 0.6 is 11.6 Å². The molecule has 4 N–H and O–H groups in total. The lowest BCUT2D eigenvalue weighted by Gasteiger charge is -2.24. The molecule has 0 bridgehead atoms. The lowest BCUT2D eigenvalue weighted by atomic mass is 10.0. The lowest BCUT2D eigenvalue weighted by molar-refractivity contribution is -0.121. The van der Waals surface area contributed by atoms with Gasteiger partial charge in [0.2, 0.25) is 11.8 Å². The van der Waals surface area contributed by atoms with E-state index in [1.165, 1.54) is 18.2 Å². The molecule has 0 aliphatic rings. The summed E-state index contributed by atoms with van der Waals surface area (Å²) in [5.74, 6) is -0.809. The largest absolute Gasteiger partial charge is 0.366 e. The monoisotopic (exact) mass is 283 g/mol. The third-order valence-electron chi connectivity index (χ3n) is 2.69. The maximum Gasteiger partial charge on any atom is 0.248 e. The molecule has 0 saturated heterocycles. The Morgan fingerprint density at radius 1 is 1.37 bits per heavy atom. The molecular formula is C13H18ClN3O2. The summed E-state index contributed by atoms with van der Waals surface area (Å²) in [5, 5.41) is 6.09. The van der Waals surface area contributed by atoms with Gasteiger partial charge in [0.05, 0.1) is 16.2 Å². The van der Waals surface area contributed by atoms with Gasteiger partial charge in [0, 0.05) is 5.56 Å². The molecule has 5 nitrogen and oxygen atoms in total. The average Bonchev–Trinajstić information content (AvgIpc) is 2.31. The van der Waals surface area contributed by atoms with Gasteiger partial charge in [-0.3, -0.25) is 9.59 Å². The Labute approximate surface area is 117 Å². The first-order valence-corrected chi connectivity index (χ1v) is 6.31. The number of benzene rings is 1. The van der Waals surface area contributed by atoms with Crippen LogP contribution in [-0.2, 0) is 4.79 Å². The zero-order chi connectivity index (χ0) is 14.6. The number of hydrogen-bond acceptors (Lipinski definition) is 3. The summed E-state index contributed by atoms with van der Waals surface area (Å²) in [5.41, 5.74) is 5.12. The number of nitrogens with two attached hydrogens (primary N) is 1. The van der Waals surface area contributed by atoms with Crippen molar-refractivity contribution in [2.24, 2.45) is 5.73 Å². The Morgan fingerprint density at radius 3 is 2.53 bits per heavy atom. The van der Waals surface area contributed by atoms with Gasteiger partial charge in [0.1, 0.15) is 0 Å². The summed E-state index contributed by atoms with van der Waals surface area (Å²) in [6.07, 6.45) is 0. The van der Waals surface area contributed by atoms with E-state index in [0.29, 0.717) is 22.8 Å². The van der Waals surface area contributed by atoms with Gasteiger partial charge in [-0.1, -0.05) is 18.5 Å². The van der Waals surface area contributed by atoms with E-state index in [1.807, 2.05) is 6.92 Å². The minimum absolute atomic E-state index is 0.238. The molecule has 1 rings (SSSR count). The first-order valence-electron chi connectivity index (χ1n) is 5.93. The second kappa shape index (κ2) is 6.04. The Kier molecular flexibility index (Phi) is 4.91. The number of nitrogens with one attached hydrogen (secondary N) is 2. The molecule has 19 heavy (non-hydrogen) atoms. The fraction of sp³-hybridized carbons (Fsp3) is 0.385. The normalized spacial score (nSPS) is 11.2. The van der Waals surface area contributed by atoms with Crippen molar-refractivity contribution in [1.82, 2.24) is 5.32 Å². The highest BCUT2D eigenvalue weighted by molar-refractivity contribution is 6.34. The van der Waals surface area contributed by atoms with Crippen molar-refractivity contribution >= 4 is 29.1 Å². The molecule has 1 aromatic carbocycles. The third-order valence-corrected chi connectivity index (χ3v) is 3.02. The highest BCUT2D eigenvalue weighted by Gasteiger charge is 2.26. The summed E-state index contributed by atoms with van der Waals surface area (Å²) >= 11 is 5.98. The topological polar surface area (TPSA) is 84.2 Å². The number of anilines is 1. The number of likely N-dealkylation sites (N-methyl/N-ethyl adjacent to an activating group) is 1. The number of hydrogen-bond donors (Lipinski definition) is 3. The number of carbonyl (C=O) groups is 2. The molecule has 0 fully saturated rings. The van der Waals surface area contributed by atoms with Crippen LogP contribution in [0.1, 0.15) is 31.1 Å². The van der Waals surface area contributed by atoms with Crippen molar-refractivity contribution in [3.05, 3.63) is 28.8 Å². The van der Waals surface area contributed by atoms with Crippen LogP contribution in [0.5, 0.6) is 0 Å². The second-order valence-electron chi connectivity index (χ2n) is 4.67. The van der Waals surface area contributed by atoms with Crippen LogP contribution in [0.3, 0.4) is 0 Å². The van der Waals surface area contributed by atoms with E-state index in [2.05, 4.69) is 10.6 Å². The van der Waals surface area contributed by atoms with Crippen LogP contribution in [-0.4, -0.2) is 23.9 Å². The van der Waals surface area contributed by atoms with Crippen LogP contribution in [0.25, 0.3) is 0 Å². The standard InChI is InChI=1S/C13H18ClN3O2/c1-4-16-13(2,3)12(19)17-10-7-8(11(15)18)5-6-9(10)14/h5-7,16H,4H2,1-3H3,(H2,15,18)(H,17,19). The zero-order valence-corrected chi connectivity index (χ0v) is 12.0. The molecule has 0 saturated carbocycles. The molecule has 0 aliphatic heterocycles. The van der Waals surface area contributed by atoms with Crippen LogP contribution in [0.4, 0.5) is 5.69 Å². The van der Waals surface area contributed by atoms with Crippen LogP contribution in [0.15, 0.2) is 18.2 Å². The minimum Gasteiger partial charge on any atom is -0.366 e. The summed E-state index contributed by atoms with van der Waals surface area (Å²) < 4.78 is 0. The molecule has 0 aliphatic carbocycles. The zero-order valence-electron chi connectivity index (χ0n) is 11.2. The Bertz CT molecular complexity index is 501. The maximum absolute atomic E-state index is 12.1. The molecule has 6 heteroatoms. The van der Waals surface area contributed by atoms with Gasteiger partial charge in [0.15, 0.2) is 0 Å². The second-order valence-corrected chi connectivity index (χ2v) is 5.08. The molecule has 0 atom stereocenters. The van der Waals surface area contributed by atoms with Crippen molar-refractivity contribution < 1.29 is 9.59 Å². The van der Waals surface area contributed by atoms with Crippen LogP contribution < -0.4 is 16.4 Å². The maximum atomic E-state index is 12.1. The molecule has 0 unspecified atom stereocenters. The SMILES string of the molecule is CCNC(C)(C)C(=O)Nc1cc(C(N)=O)ccc1Cl. The van der Waals surface area contributed by atoms with E-state index >= 15 is 0 Å². The summed E-state index contributed by atoms with van der Waals surface area (Å²) in [6, 6.07) is 4.50. The third kappa shape index (κ3) is 3.94. The van der Waals surface area contributed by atoms with Crippen molar-refractivity contribution in [2.75, 3.05) is 11.9 Å². The highest BCUT2D eigenvalue weighted by Crippen LogP contribution is 2.24. The van der Waals surface area contributed by atoms with Crippen LogP contribution in [0, 0.1) is 0 Å². The van der Waals surface area contributed by atoms with Crippen molar-refractivity contribution in [3.8, 4) is 0 Å². The van der Waals surface area contributed by atoms with Crippen molar-refractivity contribution in [1.29, 1.82) is 0 Å². The van der Waals surface area contributed by atoms with Crippen molar-refractivity contribution in [3.63, 3.8) is 0 Å². The molecule has 2 amide bonds. The van der Waals surface area contributed by atoms with Crippen LogP contribution in [0.2, 0.25) is 5.02 Å². The summed E-state index contributed by atoms with van der Waals surface area (Å²) in [4.78, 5) is 23.2. The molecule has 1 aromatic rings. The summed E-state index contributed by atoms with van der Waals surface area (Å²) in [6.45, 7) is 6.10. The number of rotatable bonds is 5. The Balaban J connectivity index is 2.96. The van der Waals surface area contributed by atoms with Gasteiger partial charge in [-0.05, 0) is 38.6 Å². The van der Waals surface area contributed by atoms with Gasteiger partial charge in [-0.2, -0.15) is 0 Å². The van der Waals surface area contributed by atoms with E-state index in [-0.39, 0.29) is 5.91 Å². The van der Waals surface area contributed by atoms with Crippen molar-refractivity contribution in [2.45, 2.75) is 26.3 Å². The van der Waals surface area contributed by atoms with E-state index in [9.17, 15) is 9.59 Å². The lowest BCUT2D eigenvalue weighted by Crippen LogP contribution is -2.49. The molecule has 0 radical (unpaired) electrons. The van der Waals surface area contributed by atoms with Gasteiger partial charge in [0.25, 0.3) is 0 Å². The first-order chi connectivity index (χ1) is 8.77. The van der Waals surface area contributed by atoms with Gasteiger partial charge in [-0.15, -0.1) is 0 Å². The van der Waals surface area contributed by atoms with E-state index in [0.717, 1.165) is 0 Å². The molecular weight excluding hydrogens is 266 g/mol. The minimum atomic E-state index is -0.735. The number of primary amides is 1. The predicted octanol–water partition coefficient (Wildman–Crippen LogP) is 1.77. The van der Waals surface area contributed by atoms with Gasteiger partial charge >= 0.3 is 0 Å². The first kappa shape index (κ1) is 15.5. The smallest absolute Gasteiger partial charge is 0.248 e. The van der Waals surface area contributed by atoms with E-state index < -0.39 is 11.4 Å². The van der Waals surface area contributed by atoms with Gasteiger partial charge in [-0.25, -0.2) is 0 Å². The Morgan fingerprint density at radius 2 is 2.00 bits per heavy atom. The van der Waals surface area contributed by atoms with E-state index in [4.69, 9.17) is 17.3 Å². The summed E-state index contributed by atoms with van der Waals surface area (Å²) in [7, 11) is 0.